The van der Waals surface area contributed by atoms with E-state index in [1.807, 2.05) is 18.2 Å². The molecule has 0 atom stereocenters. The van der Waals surface area contributed by atoms with Gasteiger partial charge in [0.2, 0.25) is 5.91 Å². The number of nitrogens with zero attached hydrogens (tertiary/aromatic N) is 2. The van der Waals surface area contributed by atoms with Crippen LogP contribution >= 0.6 is 11.8 Å². The van der Waals surface area contributed by atoms with Crippen LogP contribution in [0.5, 0.6) is 5.75 Å². The van der Waals surface area contributed by atoms with E-state index in [4.69, 9.17) is 10.5 Å². The predicted octanol–water partition coefficient (Wildman–Crippen LogP) is 2.17. The second kappa shape index (κ2) is 9.27. The van der Waals surface area contributed by atoms with E-state index in [0.29, 0.717) is 24.4 Å². The third-order valence-corrected chi connectivity index (χ3v) is 6.12. The molecule has 1 saturated heterocycles. The average molecular weight is 452 g/mol. The summed E-state index contributed by atoms with van der Waals surface area (Å²) in [6.07, 6.45) is 2.34. The van der Waals surface area contributed by atoms with Gasteiger partial charge in [-0.1, -0.05) is 36.4 Å². The molecule has 2 aromatic carbocycles. The lowest BCUT2D eigenvalue weighted by molar-refractivity contribution is -0.136. The van der Waals surface area contributed by atoms with Gasteiger partial charge in [0.25, 0.3) is 17.1 Å². The molecule has 2 heterocycles. The van der Waals surface area contributed by atoms with Crippen LogP contribution in [0.1, 0.15) is 16.7 Å². The number of thioether (sulfide) groups is 1. The summed E-state index contributed by atoms with van der Waals surface area (Å²) in [7, 11) is 0. The molecule has 9 heteroatoms. The number of benzene rings is 2. The molecule has 4 rings (SSSR count). The third-order valence-electron chi connectivity index (χ3n) is 5.21. The number of nitrogens with two attached hydrogens (primary N) is 1. The Labute approximate surface area is 189 Å². The zero-order valence-corrected chi connectivity index (χ0v) is 18.0. The van der Waals surface area contributed by atoms with Crippen LogP contribution in [0.15, 0.2) is 53.4 Å². The predicted molar refractivity (Wildman–Crippen MR) is 119 cm³/mol. The monoisotopic (exact) mass is 451 g/mol. The van der Waals surface area contributed by atoms with Gasteiger partial charge in [-0.3, -0.25) is 24.1 Å². The largest absolute Gasteiger partial charge is 0.484 e. The number of amides is 4. The Morgan fingerprint density at radius 2 is 1.78 bits per heavy atom. The van der Waals surface area contributed by atoms with E-state index in [0.717, 1.165) is 28.6 Å². The van der Waals surface area contributed by atoms with Crippen LogP contribution in [-0.2, 0) is 27.3 Å². The quantitative estimate of drug-likeness (QED) is 0.674. The number of hydrogen-bond donors (Lipinski definition) is 1. The maximum absolute atomic E-state index is 12.8. The highest BCUT2D eigenvalue weighted by Crippen LogP contribution is 2.32. The molecular weight excluding hydrogens is 430 g/mol. The summed E-state index contributed by atoms with van der Waals surface area (Å²) in [5.74, 6) is -0.854. The van der Waals surface area contributed by atoms with Crippen LogP contribution in [0.3, 0.4) is 0 Å². The minimum atomic E-state index is -0.578. The van der Waals surface area contributed by atoms with Crippen molar-refractivity contribution in [3.05, 3.63) is 70.1 Å². The van der Waals surface area contributed by atoms with Gasteiger partial charge in [0, 0.05) is 13.1 Å². The van der Waals surface area contributed by atoms with Gasteiger partial charge in [0.05, 0.1) is 4.91 Å². The molecule has 164 valence electrons. The highest BCUT2D eigenvalue weighted by Gasteiger charge is 2.37. The van der Waals surface area contributed by atoms with E-state index < -0.39 is 17.1 Å². The molecule has 2 aromatic rings. The van der Waals surface area contributed by atoms with Gasteiger partial charge in [-0.2, -0.15) is 0 Å². The second-order valence-electron chi connectivity index (χ2n) is 7.43. The van der Waals surface area contributed by atoms with E-state index in [1.165, 1.54) is 5.56 Å². The summed E-state index contributed by atoms with van der Waals surface area (Å²) in [6, 6.07) is 14.6. The zero-order chi connectivity index (χ0) is 22.7. The molecule has 2 N–H and O–H groups in total. The fourth-order valence-electron chi connectivity index (χ4n) is 3.55. The van der Waals surface area contributed by atoms with Crippen molar-refractivity contribution < 1.29 is 23.9 Å². The summed E-state index contributed by atoms with van der Waals surface area (Å²) < 4.78 is 5.20. The lowest BCUT2D eigenvalue weighted by atomic mass is 10.00. The van der Waals surface area contributed by atoms with E-state index >= 15 is 0 Å². The molecule has 4 amide bonds. The van der Waals surface area contributed by atoms with Crippen molar-refractivity contribution in [1.29, 1.82) is 0 Å². The summed E-state index contributed by atoms with van der Waals surface area (Å²) in [6.45, 7) is 0.538. The lowest BCUT2D eigenvalue weighted by Crippen LogP contribution is -2.44. The Morgan fingerprint density at radius 3 is 2.50 bits per heavy atom. The number of fused-ring (bicyclic) bond motifs is 1. The molecule has 0 radical (unpaired) electrons. The number of rotatable bonds is 6. The van der Waals surface area contributed by atoms with Crippen molar-refractivity contribution in [3.63, 3.8) is 0 Å². The zero-order valence-electron chi connectivity index (χ0n) is 17.2. The smallest absolute Gasteiger partial charge is 0.294 e. The SMILES string of the molecule is NC(=O)COc1ccc(/C=C2\SC(=O)N(CC(=O)N3CCc4ccccc4C3)C2=O)cc1. The first-order chi connectivity index (χ1) is 15.4. The van der Waals surface area contributed by atoms with Gasteiger partial charge in [-0.25, -0.2) is 0 Å². The Kier molecular flexibility index (Phi) is 6.27. The van der Waals surface area contributed by atoms with Crippen molar-refractivity contribution in [2.45, 2.75) is 13.0 Å². The molecule has 1 fully saturated rings. The summed E-state index contributed by atoms with van der Waals surface area (Å²) >= 11 is 0.808. The van der Waals surface area contributed by atoms with Gasteiger partial charge in [0.15, 0.2) is 6.61 Å². The van der Waals surface area contributed by atoms with Crippen LogP contribution < -0.4 is 10.5 Å². The van der Waals surface area contributed by atoms with E-state index in [-0.39, 0.29) is 24.0 Å². The van der Waals surface area contributed by atoms with E-state index in [9.17, 15) is 19.2 Å². The highest BCUT2D eigenvalue weighted by molar-refractivity contribution is 8.18. The lowest BCUT2D eigenvalue weighted by Gasteiger charge is -2.29. The molecular formula is C23H21N3O5S. The van der Waals surface area contributed by atoms with Crippen molar-refractivity contribution in [2.24, 2.45) is 5.73 Å². The molecule has 8 nitrogen and oxygen atoms in total. The second-order valence-corrected chi connectivity index (χ2v) is 8.42. The van der Waals surface area contributed by atoms with Crippen LogP contribution in [0, 0.1) is 0 Å². The van der Waals surface area contributed by atoms with Crippen molar-refractivity contribution in [1.82, 2.24) is 9.80 Å². The molecule has 0 aliphatic carbocycles. The molecule has 0 spiro atoms. The van der Waals surface area contributed by atoms with Crippen LogP contribution in [0.2, 0.25) is 0 Å². The minimum Gasteiger partial charge on any atom is -0.484 e. The first-order valence-electron chi connectivity index (χ1n) is 10.0. The van der Waals surface area contributed by atoms with Crippen molar-refractivity contribution in [2.75, 3.05) is 19.7 Å². The average Bonchev–Trinajstić information content (AvgIpc) is 3.05. The van der Waals surface area contributed by atoms with Crippen LogP contribution in [-0.4, -0.2) is 52.5 Å². The molecule has 2 aliphatic heterocycles. The Hall–Kier alpha value is -3.59. The number of hydrogen-bond acceptors (Lipinski definition) is 6. The highest BCUT2D eigenvalue weighted by atomic mass is 32.2. The third kappa shape index (κ3) is 4.83. The van der Waals surface area contributed by atoms with Gasteiger partial charge >= 0.3 is 0 Å². The topological polar surface area (TPSA) is 110 Å². The van der Waals surface area contributed by atoms with E-state index in [1.54, 1.807) is 35.2 Å². The number of carbonyl (C=O) groups is 4. The number of ether oxygens (including phenoxy) is 1. The van der Waals surface area contributed by atoms with Crippen molar-refractivity contribution >= 4 is 40.8 Å². The van der Waals surface area contributed by atoms with Crippen LogP contribution in [0.25, 0.3) is 6.08 Å². The number of imide groups is 1. The maximum Gasteiger partial charge on any atom is 0.294 e. The van der Waals surface area contributed by atoms with Gasteiger partial charge < -0.3 is 15.4 Å². The molecule has 0 aromatic heterocycles. The maximum atomic E-state index is 12.8. The number of primary amides is 1. The Balaban J connectivity index is 1.39. The van der Waals surface area contributed by atoms with Gasteiger partial charge in [-0.15, -0.1) is 0 Å². The van der Waals surface area contributed by atoms with Gasteiger partial charge in [0.1, 0.15) is 12.3 Å². The first-order valence-corrected chi connectivity index (χ1v) is 10.8. The molecule has 0 saturated carbocycles. The summed E-state index contributed by atoms with van der Waals surface area (Å²) in [5, 5.41) is -0.464. The molecule has 0 bridgehead atoms. The fourth-order valence-corrected chi connectivity index (χ4v) is 4.38. The van der Waals surface area contributed by atoms with Crippen molar-refractivity contribution in [3.8, 4) is 5.75 Å². The minimum absolute atomic E-state index is 0.227. The molecule has 2 aliphatic rings. The van der Waals surface area contributed by atoms with E-state index in [2.05, 4.69) is 6.07 Å². The standard InChI is InChI=1S/C23H21N3O5S/c24-20(27)14-31-18-7-5-15(6-8-18)11-19-22(29)26(23(30)32-19)13-21(28)25-10-9-16-3-1-2-4-17(16)12-25/h1-8,11H,9-10,12-14H2,(H2,24,27)/b19-11-. The Morgan fingerprint density at radius 1 is 1.06 bits per heavy atom. The fraction of sp³-hybridized carbons (Fsp3) is 0.217. The Bertz CT molecular complexity index is 1110. The number of carbonyl (C=O) groups excluding carboxylic acids is 4. The summed E-state index contributed by atoms with van der Waals surface area (Å²) in [4.78, 5) is 51.6. The normalized spacial score (nSPS) is 16.9. The molecule has 32 heavy (non-hydrogen) atoms. The van der Waals surface area contributed by atoms with Gasteiger partial charge in [-0.05, 0) is 53.1 Å². The molecule has 0 unspecified atom stereocenters. The summed E-state index contributed by atoms with van der Waals surface area (Å²) in [5.41, 5.74) is 8.03. The van der Waals surface area contributed by atoms with Crippen LogP contribution in [0.4, 0.5) is 4.79 Å². The first kappa shape index (κ1) is 21.6.